The smallest absolute Gasteiger partial charge is 0.0230 e. The van der Waals surface area contributed by atoms with Crippen LogP contribution in [0.4, 0.5) is 0 Å². The Morgan fingerprint density at radius 1 is 0.455 bits per heavy atom. The topological polar surface area (TPSA) is 0 Å². The molecule has 0 N–H and O–H groups in total. The lowest BCUT2D eigenvalue weighted by Crippen LogP contribution is -2.49. The lowest BCUT2D eigenvalue weighted by molar-refractivity contribution is -0.00163. The maximum absolute atomic E-state index is 3.32. The van der Waals surface area contributed by atoms with Gasteiger partial charge in [-0.15, -0.1) is 18.5 Å². The van der Waals surface area contributed by atoms with E-state index in [9.17, 15) is 0 Å². The van der Waals surface area contributed by atoms with Crippen LogP contribution in [0.25, 0.3) is 0 Å². The number of hydrogen-bond acceptors (Lipinski definition) is 0. The highest BCUT2D eigenvalue weighted by Crippen LogP contribution is 2.57. The van der Waals surface area contributed by atoms with Crippen molar-refractivity contribution in [2.75, 3.05) is 0 Å². The van der Waals surface area contributed by atoms with E-state index in [2.05, 4.69) is 18.5 Å². The average molecular weight is 338 g/mol. The van der Waals surface area contributed by atoms with Gasteiger partial charge < -0.3 is 0 Å². The molecule has 0 nitrogen and oxygen atoms in total. The molecule has 0 aromatic carbocycles. The molecule has 0 aromatic heterocycles. The molecule has 0 aromatic rings. The molecular weight excluding hydrogens is 302 g/mol. The zero-order valence-electron chi connectivity index (χ0n) is 14.3. The van der Waals surface area contributed by atoms with E-state index in [1.165, 1.54) is 51.4 Å². The van der Waals surface area contributed by atoms with Crippen molar-refractivity contribution in [3.8, 4) is 0 Å². The van der Waals surface area contributed by atoms with Crippen LogP contribution in [0, 0.1) is 35.5 Å². The van der Waals surface area contributed by atoms with Crippen LogP contribution < -0.4 is 0 Å². The maximum atomic E-state index is 3.32. The highest BCUT2D eigenvalue weighted by molar-refractivity contribution is 7.18. The molecule has 4 fully saturated rings. The Morgan fingerprint density at radius 2 is 0.864 bits per heavy atom. The van der Waals surface area contributed by atoms with E-state index in [4.69, 9.17) is 0 Å². The Hall–Kier alpha value is 0.860. The first-order valence-electron chi connectivity index (χ1n) is 10.3. The van der Waals surface area contributed by atoms with E-state index in [1.807, 2.05) is 0 Å². The Labute approximate surface area is 142 Å². The Morgan fingerprint density at radius 3 is 1.32 bits per heavy atom. The predicted octanol–water partition coefficient (Wildman–Crippen LogP) is 5.91. The van der Waals surface area contributed by atoms with Crippen molar-refractivity contribution in [2.45, 2.75) is 88.4 Å². The van der Waals surface area contributed by atoms with Crippen molar-refractivity contribution in [2.24, 2.45) is 35.5 Å². The van der Waals surface area contributed by atoms with Crippen molar-refractivity contribution < 1.29 is 0 Å². The van der Waals surface area contributed by atoms with E-state index in [-0.39, 0.29) is 0 Å². The summed E-state index contributed by atoms with van der Waals surface area (Å²) in [6, 6.07) is 0. The molecule has 4 saturated carbocycles. The van der Waals surface area contributed by atoms with Crippen LogP contribution in [0.1, 0.15) is 77.0 Å². The molecule has 10 unspecified atom stereocenters. The number of rotatable bonds is 1. The first-order chi connectivity index (χ1) is 10.8. The van der Waals surface area contributed by atoms with Gasteiger partial charge in [-0.3, -0.25) is 0 Å². The molecule has 0 saturated heterocycles. The van der Waals surface area contributed by atoms with Gasteiger partial charge in [0.15, 0.2) is 0 Å². The molecule has 0 bridgehead atoms. The zero-order valence-corrected chi connectivity index (χ0v) is 16.6. The minimum atomic E-state index is 0.924. The fourth-order valence-corrected chi connectivity index (χ4v) is 8.65. The molecule has 4 aliphatic carbocycles. The van der Waals surface area contributed by atoms with Gasteiger partial charge in [0.05, 0.1) is 0 Å². The molecule has 4 rings (SSSR count). The van der Waals surface area contributed by atoms with Crippen LogP contribution >= 0.6 is 18.5 Å². The fourth-order valence-electron chi connectivity index (χ4n) is 7.18. The quantitative estimate of drug-likeness (QED) is 0.522. The largest absolute Gasteiger partial charge is 0.134 e. The van der Waals surface area contributed by atoms with Crippen molar-refractivity contribution in [1.82, 2.24) is 0 Å². The Kier molecular flexibility index (Phi) is 5.20. The molecule has 0 spiro atoms. The number of hydrogen-bond donors (Lipinski definition) is 0. The van der Waals surface area contributed by atoms with E-state index in [0.29, 0.717) is 0 Å². The van der Waals surface area contributed by atoms with Crippen molar-refractivity contribution in [3.63, 3.8) is 0 Å². The molecule has 126 valence electrons. The second kappa shape index (κ2) is 7.00. The third-order valence-electron chi connectivity index (χ3n) is 8.10. The summed E-state index contributed by atoms with van der Waals surface area (Å²) in [6.07, 6.45) is 18.4. The third kappa shape index (κ3) is 2.94. The summed E-state index contributed by atoms with van der Waals surface area (Å²) in [5.74, 6) is 6.43. The minimum absolute atomic E-state index is 0.924. The van der Waals surface area contributed by atoms with Gasteiger partial charge in [-0.2, -0.15) is 0 Å². The third-order valence-corrected chi connectivity index (χ3v) is 9.65. The highest BCUT2D eigenvalue weighted by Gasteiger charge is 2.49. The van der Waals surface area contributed by atoms with Gasteiger partial charge in [-0.1, -0.05) is 38.5 Å². The van der Waals surface area contributed by atoms with E-state index >= 15 is 0 Å². The van der Waals surface area contributed by atoms with Crippen LogP contribution in [0.15, 0.2) is 0 Å². The summed E-state index contributed by atoms with van der Waals surface area (Å²) in [5, 5.41) is 0. The van der Waals surface area contributed by atoms with E-state index < -0.39 is 0 Å². The van der Waals surface area contributed by atoms with Crippen LogP contribution in [0.5, 0.6) is 0 Å². The molecule has 0 radical (unpaired) electrons. The van der Waals surface area contributed by atoms with Gasteiger partial charge in [0.25, 0.3) is 0 Å². The van der Waals surface area contributed by atoms with Gasteiger partial charge >= 0.3 is 0 Å². The summed E-state index contributed by atoms with van der Waals surface area (Å²) < 4.78 is 0. The average Bonchev–Trinajstić information content (AvgIpc) is 2.56. The molecule has 0 aliphatic heterocycles. The molecule has 0 amide bonds. The molecule has 0 heterocycles. The fraction of sp³-hybridized carbons (Fsp3) is 1.00. The van der Waals surface area contributed by atoms with Crippen molar-refractivity contribution in [1.29, 1.82) is 0 Å². The lowest BCUT2D eigenvalue weighted by Gasteiger charge is -2.55. The van der Waals surface area contributed by atoms with Gasteiger partial charge in [0, 0.05) is 0 Å². The van der Waals surface area contributed by atoms with Crippen LogP contribution in [0.3, 0.4) is 0 Å². The van der Waals surface area contributed by atoms with Crippen LogP contribution in [-0.4, -0.2) is 11.3 Å². The molecule has 10 atom stereocenters. The van der Waals surface area contributed by atoms with Gasteiger partial charge in [0.2, 0.25) is 0 Å². The minimum Gasteiger partial charge on any atom is -0.134 e. The second-order valence-electron chi connectivity index (χ2n) is 9.05. The molecule has 22 heavy (non-hydrogen) atoms. The Balaban J connectivity index is 1.61. The van der Waals surface area contributed by atoms with Gasteiger partial charge in [-0.25, -0.2) is 0 Å². The van der Waals surface area contributed by atoms with Crippen LogP contribution in [-0.2, 0) is 0 Å². The SMILES string of the molecule is PC1CCC2CCCCC2C1C1C(P)CCC2CCCCC21. The zero-order chi connectivity index (χ0) is 15.1. The summed E-state index contributed by atoms with van der Waals surface area (Å²) in [4.78, 5) is 0. The summed E-state index contributed by atoms with van der Waals surface area (Å²) in [6.45, 7) is 0. The second-order valence-corrected chi connectivity index (χ2v) is 10.8. The summed E-state index contributed by atoms with van der Waals surface area (Å²) in [5.41, 5.74) is 1.85. The first kappa shape index (κ1) is 16.3. The summed E-state index contributed by atoms with van der Waals surface area (Å²) in [7, 11) is 6.64. The lowest BCUT2D eigenvalue weighted by atomic mass is 9.54. The molecular formula is C20H36P2. The van der Waals surface area contributed by atoms with E-state index in [1.54, 1.807) is 25.7 Å². The normalized spacial score (nSPS) is 52.6. The first-order valence-corrected chi connectivity index (χ1v) is 11.6. The predicted molar refractivity (Wildman–Crippen MR) is 103 cm³/mol. The molecule has 2 heteroatoms. The van der Waals surface area contributed by atoms with Crippen molar-refractivity contribution >= 4 is 18.5 Å². The highest BCUT2D eigenvalue weighted by atomic mass is 31.0. The number of fused-ring (bicyclic) bond motifs is 2. The van der Waals surface area contributed by atoms with Crippen molar-refractivity contribution in [3.05, 3.63) is 0 Å². The summed E-state index contributed by atoms with van der Waals surface area (Å²) >= 11 is 0. The monoisotopic (exact) mass is 338 g/mol. The Bertz CT molecular complexity index is 346. The maximum Gasteiger partial charge on any atom is -0.0230 e. The van der Waals surface area contributed by atoms with E-state index in [0.717, 1.165) is 46.8 Å². The van der Waals surface area contributed by atoms with Gasteiger partial charge in [0.1, 0.15) is 0 Å². The standard InChI is InChI=1S/C20H36P2/c21-17-11-9-13-5-1-3-7-15(13)19(17)20-16-8-4-2-6-14(16)10-12-18(20)22/h13-20H,1-12,21-22H2. The van der Waals surface area contributed by atoms with Crippen LogP contribution in [0.2, 0.25) is 0 Å². The van der Waals surface area contributed by atoms with Gasteiger partial charge in [-0.05, 0) is 85.4 Å². The molecule has 4 aliphatic rings.